The first-order valence-electron chi connectivity index (χ1n) is 11.2. The van der Waals surface area contributed by atoms with Crippen LogP contribution in [0.3, 0.4) is 0 Å². The van der Waals surface area contributed by atoms with E-state index in [9.17, 15) is 9.59 Å². The van der Waals surface area contributed by atoms with Crippen molar-refractivity contribution in [1.82, 2.24) is 24.5 Å². The first-order valence-corrected chi connectivity index (χ1v) is 11.6. The standard InChI is InChI=1S/C24H25ClN6O2/c1-14(28-23(32)20-21(26)29-30-12-6-11-27-22(20)30)18-13-15-7-5-10-17(25)19(15)24(33)31(18)16-8-3-2-4-9-16/h5-7,10-14,16H,2-4,8-9H2,1H3,(H2,26,29)(H,28,32). The Morgan fingerprint density at radius 3 is 2.82 bits per heavy atom. The van der Waals surface area contributed by atoms with Crippen molar-refractivity contribution in [3.8, 4) is 0 Å². The zero-order valence-electron chi connectivity index (χ0n) is 18.3. The number of nitrogens with zero attached hydrogens (tertiary/aromatic N) is 4. The Bertz CT molecular complexity index is 1420. The molecular weight excluding hydrogens is 440 g/mol. The molecule has 0 aliphatic heterocycles. The molecule has 1 aromatic carbocycles. The van der Waals surface area contributed by atoms with Gasteiger partial charge in [-0.3, -0.25) is 9.59 Å². The molecule has 1 aliphatic carbocycles. The van der Waals surface area contributed by atoms with Gasteiger partial charge in [-0.25, -0.2) is 9.50 Å². The number of nitrogens with two attached hydrogens (primary N) is 1. The van der Waals surface area contributed by atoms with Gasteiger partial charge in [0.2, 0.25) is 0 Å². The Morgan fingerprint density at radius 2 is 2.03 bits per heavy atom. The third kappa shape index (κ3) is 3.74. The maximum Gasteiger partial charge on any atom is 0.260 e. The minimum Gasteiger partial charge on any atom is -0.381 e. The summed E-state index contributed by atoms with van der Waals surface area (Å²) in [7, 11) is 0. The molecule has 3 heterocycles. The summed E-state index contributed by atoms with van der Waals surface area (Å²) in [6.45, 7) is 1.87. The lowest BCUT2D eigenvalue weighted by molar-refractivity contribution is 0.0940. The van der Waals surface area contributed by atoms with E-state index in [0.717, 1.165) is 36.8 Å². The molecule has 1 unspecified atom stereocenters. The van der Waals surface area contributed by atoms with Gasteiger partial charge in [-0.15, -0.1) is 5.10 Å². The van der Waals surface area contributed by atoms with Crippen LogP contribution < -0.4 is 16.6 Å². The molecule has 3 N–H and O–H groups in total. The van der Waals surface area contributed by atoms with Gasteiger partial charge >= 0.3 is 0 Å². The summed E-state index contributed by atoms with van der Waals surface area (Å²) in [5.41, 5.74) is 7.27. The lowest BCUT2D eigenvalue weighted by Gasteiger charge is -2.29. The van der Waals surface area contributed by atoms with Crippen molar-refractivity contribution >= 4 is 39.7 Å². The van der Waals surface area contributed by atoms with Gasteiger partial charge in [-0.2, -0.15) is 0 Å². The maximum absolute atomic E-state index is 13.6. The number of pyridine rings is 1. The highest BCUT2D eigenvalue weighted by Crippen LogP contribution is 2.32. The van der Waals surface area contributed by atoms with Gasteiger partial charge in [0.05, 0.1) is 16.5 Å². The summed E-state index contributed by atoms with van der Waals surface area (Å²) in [5.74, 6) is -0.282. The van der Waals surface area contributed by atoms with Gasteiger partial charge in [0.25, 0.3) is 11.5 Å². The Kier molecular flexibility index (Phi) is 5.54. The zero-order chi connectivity index (χ0) is 23.1. The largest absolute Gasteiger partial charge is 0.381 e. The molecule has 0 bridgehead atoms. The number of anilines is 1. The second-order valence-corrected chi connectivity index (χ2v) is 8.99. The molecule has 5 rings (SSSR count). The molecule has 1 atom stereocenters. The topological polar surface area (TPSA) is 107 Å². The van der Waals surface area contributed by atoms with E-state index in [-0.39, 0.29) is 28.9 Å². The van der Waals surface area contributed by atoms with Crippen molar-refractivity contribution in [3.05, 3.63) is 69.4 Å². The normalized spacial score (nSPS) is 15.7. The minimum absolute atomic E-state index is 0.0741. The predicted octanol–water partition coefficient (Wildman–Crippen LogP) is 4.28. The van der Waals surface area contributed by atoms with Gasteiger partial charge < -0.3 is 15.6 Å². The Balaban J connectivity index is 1.59. The molecule has 1 saturated carbocycles. The average molecular weight is 465 g/mol. The van der Waals surface area contributed by atoms with Crippen LogP contribution in [-0.2, 0) is 0 Å². The number of halogens is 1. The summed E-state index contributed by atoms with van der Waals surface area (Å²) in [6, 6.07) is 8.74. The van der Waals surface area contributed by atoms with Crippen LogP contribution in [0.1, 0.15) is 67.2 Å². The monoisotopic (exact) mass is 464 g/mol. The van der Waals surface area contributed by atoms with Crippen LogP contribution in [0.2, 0.25) is 5.02 Å². The summed E-state index contributed by atoms with van der Waals surface area (Å²) in [4.78, 5) is 31.1. The number of hydrogen-bond donors (Lipinski definition) is 2. The van der Waals surface area contributed by atoms with E-state index >= 15 is 0 Å². The predicted molar refractivity (Wildman–Crippen MR) is 129 cm³/mol. The number of aromatic nitrogens is 4. The first-order chi connectivity index (χ1) is 16.0. The Labute approximate surface area is 195 Å². The summed E-state index contributed by atoms with van der Waals surface area (Å²) in [5, 5.41) is 8.90. The highest BCUT2D eigenvalue weighted by molar-refractivity contribution is 6.35. The van der Waals surface area contributed by atoms with Crippen molar-refractivity contribution in [2.24, 2.45) is 0 Å². The number of fused-ring (bicyclic) bond motifs is 2. The summed E-state index contributed by atoms with van der Waals surface area (Å²) in [6.07, 6.45) is 8.44. The van der Waals surface area contributed by atoms with Crippen LogP contribution in [-0.4, -0.2) is 25.1 Å². The molecule has 170 valence electrons. The molecular formula is C24H25ClN6O2. The maximum atomic E-state index is 13.6. The van der Waals surface area contributed by atoms with Gasteiger partial charge in [-0.1, -0.05) is 43.0 Å². The molecule has 0 radical (unpaired) electrons. The third-order valence-electron chi connectivity index (χ3n) is 6.44. The van der Waals surface area contributed by atoms with E-state index in [1.165, 1.54) is 10.9 Å². The molecule has 0 spiro atoms. The molecule has 8 nitrogen and oxygen atoms in total. The van der Waals surface area contributed by atoms with Gasteiger partial charge in [-0.05, 0) is 43.4 Å². The SMILES string of the molecule is CC(NC(=O)c1c(N)nn2cccnc12)c1cc2cccc(Cl)c2c(=O)n1C1CCCCC1. The number of hydrogen-bond acceptors (Lipinski definition) is 5. The number of carbonyl (C=O) groups excluding carboxylic acids is 1. The first kappa shape index (κ1) is 21.5. The fourth-order valence-electron chi connectivity index (χ4n) is 4.87. The van der Waals surface area contributed by atoms with Crippen LogP contribution in [0.4, 0.5) is 5.82 Å². The van der Waals surface area contributed by atoms with E-state index in [1.54, 1.807) is 24.5 Å². The van der Waals surface area contributed by atoms with E-state index in [2.05, 4.69) is 15.4 Å². The molecule has 9 heteroatoms. The number of amides is 1. The minimum atomic E-state index is -0.450. The van der Waals surface area contributed by atoms with Crippen LogP contribution in [0.15, 0.2) is 47.5 Å². The quantitative estimate of drug-likeness (QED) is 0.468. The van der Waals surface area contributed by atoms with E-state index < -0.39 is 6.04 Å². The molecule has 33 heavy (non-hydrogen) atoms. The van der Waals surface area contributed by atoms with Crippen LogP contribution in [0.25, 0.3) is 16.4 Å². The second kappa shape index (κ2) is 8.51. The number of rotatable bonds is 4. The number of nitrogen functional groups attached to an aromatic ring is 1. The summed E-state index contributed by atoms with van der Waals surface area (Å²) < 4.78 is 3.32. The second-order valence-electron chi connectivity index (χ2n) is 8.58. The Hall–Kier alpha value is -3.39. The molecule has 1 aliphatic rings. The van der Waals surface area contributed by atoms with E-state index in [4.69, 9.17) is 17.3 Å². The van der Waals surface area contributed by atoms with Crippen molar-refractivity contribution < 1.29 is 4.79 Å². The van der Waals surface area contributed by atoms with Gasteiger partial charge in [0.15, 0.2) is 11.5 Å². The van der Waals surface area contributed by atoms with E-state index in [1.807, 2.05) is 29.7 Å². The van der Waals surface area contributed by atoms with Crippen molar-refractivity contribution in [1.29, 1.82) is 0 Å². The molecule has 4 aromatic rings. The fourth-order valence-corrected chi connectivity index (χ4v) is 5.13. The number of benzene rings is 1. The molecule has 3 aromatic heterocycles. The lowest BCUT2D eigenvalue weighted by atomic mass is 9.94. The smallest absolute Gasteiger partial charge is 0.260 e. The number of carbonyl (C=O) groups is 1. The molecule has 0 saturated heterocycles. The lowest BCUT2D eigenvalue weighted by Crippen LogP contribution is -2.35. The highest BCUT2D eigenvalue weighted by atomic mass is 35.5. The third-order valence-corrected chi connectivity index (χ3v) is 6.76. The average Bonchev–Trinajstić information content (AvgIpc) is 3.15. The highest BCUT2D eigenvalue weighted by Gasteiger charge is 2.26. The fraction of sp³-hybridized carbons (Fsp3) is 0.333. The van der Waals surface area contributed by atoms with Gasteiger partial charge in [0, 0.05) is 24.1 Å². The van der Waals surface area contributed by atoms with Crippen molar-refractivity contribution in [2.75, 3.05) is 5.73 Å². The van der Waals surface area contributed by atoms with Crippen molar-refractivity contribution in [2.45, 2.75) is 51.1 Å². The van der Waals surface area contributed by atoms with Gasteiger partial charge in [0.1, 0.15) is 5.56 Å². The Morgan fingerprint density at radius 1 is 1.24 bits per heavy atom. The molecule has 1 fully saturated rings. The van der Waals surface area contributed by atoms with Crippen LogP contribution in [0.5, 0.6) is 0 Å². The van der Waals surface area contributed by atoms with E-state index in [0.29, 0.717) is 16.1 Å². The van der Waals surface area contributed by atoms with Crippen LogP contribution in [0, 0.1) is 0 Å². The van der Waals surface area contributed by atoms with Crippen molar-refractivity contribution in [3.63, 3.8) is 0 Å². The van der Waals surface area contributed by atoms with Crippen LogP contribution >= 0.6 is 11.6 Å². The number of nitrogens with one attached hydrogen (secondary N) is 1. The summed E-state index contributed by atoms with van der Waals surface area (Å²) >= 11 is 6.42. The molecule has 1 amide bonds. The zero-order valence-corrected chi connectivity index (χ0v) is 19.0.